The van der Waals surface area contributed by atoms with Crippen LogP contribution in [0.2, 0.25) is 5.02 Å². The molecule has 0 amide bonds. The van der Waals surface area contributed by atoms with E-state index in [0.717, 1.165) is 0 Å². The largest absolute Gasteiger partial charge is 0.421 e. The van der Waals surface area contributed by atoms with Crippen LogP contribution in [0.25, 0.3) is 11.0 Å². The van der Waals surface area contributed by atoms with Gasteiger partial charge in [0, 0.05) is 16.1 Å². The number of benzene rings is 2. The van der Waals surface area contributed by atoms with Gasteiger partial charge in [-0.15, -0.1) is 0 Å². The standard InChI is InChI=1S/C16H13ClN2O4S/c1-9-6-12(3-4-13(9)18)24(21,22)19-14-8-10-7-11(17)2-5-15(10)23-16(14)20/h2-8,19H,18H2,1H3. The number of halogens is 1. The first-order chi connectivity index (χ1) is 11.3. The number of aryl methyl sites for hydroxylation is 1. The SMILES string of the molecule is Cc1cc(S(=O)(=O)Nc2cc3cc(Cl)ccc3oc2=O)ccc1N. The maximum Gasteiger partial charge on any atom is 0.360 e. The Kier molecular flexibility index (Phi) is 3.98. The number of nitrogens with two attached hydrogens (primary N) is 1. The Bertz CT molecular complexity index is 1110. The van der Waals surface area contributed by atoms with Crippen LogP contribution in [0.4, 0.5) is 11.4 Å². The zero-order valence-electron chi connectivity index (χ0n) is 12.5. The fourth-order valence-corrected chi connectivity index (χ4v) is 3.49. The predicted octanol–water partition coefficient (Wildman–Crippen LogP) is 3.14. The van der Waals surface area contributed by atoms with Gasteiger partial charge < -0.3 is 10.2 Å². The fraction of sp³-hybridized carbons (Fsp3) is 0.0625. The van der Waals surface area contributed by atoms with Crippen molar-refractivity contribution < 1.29 is 12.8 Å². The topological polar surface area (TPSA) is 102 Å². The molecule has 24 heavy (non-hydrogen) atoms. The summed E-state index contributed by atoms with van der Waals surface area (Å²) in [5, 5.41) is 0.951. The second kappa shape index (κ2) is 5.85. The summed E-state index contributed by atoms with van der Waals surface area (Å²) < 4.78 is 32.3. The highest BCUT2D eigenvalue weighted by atomic mass is 35.5. The third-order valence-corrected chi connectivity index (χ3v) is 5.09. The van der Waals surface area contributed by atoms with Crippen molar-refractivity contribution >= 4 is 44.0 Å². The number of hydrogen-bond acceptors (Lipinski definition) is 5. The zero-order valence-corrected chi connectivity index (χ0v) is 14.1. The van der Waals surface area contributed by atoms with Gasteiger partial charge in [-0.3, -0.25) is 4.72 Å². The maximum absolute atomic E-state index is 12.5. The second-order valence-corrected chi connectivity index (χ2v) is 7.37. The summed E-state index contributed by atoms with van der Waals surface area (Å²) in [7, 11) is -3.95. The van der Waals surface area contributed by atoms with E-state index in [9.17, 15) is 13.2 Å². The summed E-state index contributed by atoms with van der Waals surface area (Å²) in [4.78, 5) is 12.0. The lowest BCUT2D eigenvalue weighted by Gasteiger charge is -2.09. The summed E-state index contributed by atoms with van der Waals surface area (Å²) in [6.45, 7) is 1.70. The van der Waals surface area contributed by atoms with E-state index in [1.807, 2.05) is 0 Å². The average molecular weight is 365 g/mol. The quantitative estimate of drug-likeness (QED) is 0.549. The normalized spacial score (nSPS) is 11.6. The predicted molar refractivity (Wildman–Crippen MR) is 93.9 cm³/mol. The van der Waals surface area contributed by atoms with Crippen molar-refractivity contribution in [1.29, 1.82) is 0 Å². The van der Waals surface area contributed by atoms with E-state index in [1.54, 1.807) is 25.1 Å². The molecule has 6 nitrogen and oxygen atoms in total. The molecule has 0 fully saturated rings. The van der Waals surface area contributed by atoms with Gasteiger partial charge in [0.25, 0.3) is 10.0 Å². The summed E-state index contributed by atoms with van der Waals surface area (Å²) in [5.41, 5.74) is 6.12. The smallest absolute Gasteiger partial charge is 0.360 e. The Balaban J connectivity index is 2.06. The van der Waals surface area contributed by atoms with Crippen molar-refractivity contribution in [2.24, 2.45) is 0 Å². The van der Waals surface area contributed by atoms with E-state index in [-0.39, 0.29) is 10.6 Å². The van der Waals surface area contributed by atoms with E-state index in [4.69, 9.17) is 21.8 Å². The molecule has 0 saturated carbocycles. The average Bonchev–Trinajstić information content (AvgIpc) is 2.51. The molecule has 0 atom stereocenters. The minimum Gasteiger partial charge on any atom is -0.421 e. The van der Waals surface area contributed by atoms with Crippen molar-refractivity contribution in [1.82, 2.24) is 0 Å². The van der Waals surface area contributed by atoms with Crippen molar-refractivity contribution in [3.05, 3.63) is 63.5 Å². The number of nitrogen functional groups attached to an aromatic ring is 1. The Labute approximate surface area is 142 Å². The van der Waals surface area contributed by atoms with Crippen LogP contribution in [-0.2, 0) is 10.0 Å². The first kappa shape index (κ1) is 16.4. The maximum atomic E-state index is 12.5. The van der Waals surface area contributed by atoms with Gasteiger partial charge in [0.15, 0.2) is 0 Å². The molecule has 0 radical (unpaired) electrons. The Morgan fingerprint density at radius 1 is 1.12 bits per heavy atom. The molecule has 2 aromatic carbocycles. The lowest BCUT2D eigenvalue weighted by Crippen LogP contribution is -2.18. The van der Waals surface area contributed by atoms with Gasteiger partial charge in [0.2, 0.25) is 0 Å². The number of rotatable bonds is 3. The highest BCUT2D eigenvalue weighted by molar-refractivity contribution is 7.92. The first-order valence-corrected chi connectivity index (χ1v) is 8.75. The van der Waals surface area contributed by atoms with E-state index in [2.05, 4.69) is 4.72 Å². The molecular weight excluding hydrogens is 352 g/mol. The van der Waals surface area contributed by atoms with Gasteiger partial charge in [-0.1, -0.05) is 11.6 Å². The van der Waals surface area contributed by atoms with Crippen LogP contribution in [-0.4, -0.2) is 8.42 Å². The van der Waals surface area contributed by atoms with Crippen LogP contribution < -0.4 is 16.1 Å². The van der Waals surface area contributed by atoms with Gasteiger partial charge in [0.1, 0.15) is 11.3 Å². The molecule has 1 heterocycles. The van der Waals surface area contributed by atoms with E-state index < -0.39 is 15.6 Å². The van der Waals surface area contributed by atoms with Gasteiger partial charge >= 0.3 is 5.63 Å². The van der Waals surface area contributed by atoms with Crippen LogP contribution >= 0.6 is 11.6 Å². The van der Waals surface area contributed by atoms with Gasteiger partial charge in [-0.2, -0.15) is 0 Å². The molecule has 0 aliphatic carbocycles. The Morgan fingerprint density at radius 2 is 1.88 bits per heavy atom. The molecule has 0 spiro atoms. The highest BCUT2D eigenvalue weighted by Gasteiger charge is 2.18. The van der Waals surface area contributed by atoms with E-state index in [0.29, 0.717) is 27.2 Å². The van der Waals surface area contributed by atoms with Crippen LogP contribution in [0.1, 0.15) is 5.56 Å². The number of anilines is 2. The highest BCUT2D eigenvalue weighted by Crippen LogP contribution is 2.23. The molecule has 1 aromatic heterocycles. The summed E-state index contributed by atoms with van der Waals surface area (Å²) in [5.74, 6) is 0. The second-order valence-electron chi connectivity index (χ2n) is 5.25. The van der Waals surface area contributed by atoms with Crippen molar-refractivity contribution in [2.45, 2.75) is 11.8 Å². The molecule has 8 heteroatoms. The molecule has 124 valence electrons. The molecule has 0 saturated heterocycles. The third kappa shape index (κ3) is 3.08. The number of nitrogens with one attached hydrogen (secondary N) is 1. The van der Waals surface area contributed by atoms with Crippen molar-refractivity contribution in [2.75, 3.05) is 10.5 Å². The summed E-state index contributed by atoms with van der Waals surface area (Å²) in [6.07, 6.45) is 0. The molecule has 3 rings (SSSR count). The Morgan fingerprint density at radius 3 is 2.58 bits per heavy atom. The van der Waals surface area contributed by atoms with Gasteiger partial charge in [0.05, 0.1) is 4.90 Å². The first-order valence-electron chi connectivity index (χ1n) is 6.89. The van der Waals surface area contributed by atoms with Crippen LogP contribution in [0.15, 0.2) is 56.6 Å². The van der Waals surface area contributed by atoms with Crippen LogP contribution in [0.5, 0.6) is 0 Å². The zero-order chi connectivity index (χ0) is 17.5. The Hall–Kier alpha value is -2.51. The number of hydrogen-bond donors (Lipinski definition) is 2. The van der Waals surface area contributed by atoms with Gasteiger partial charge in [-0.25, -0.2) is 13.2 Å². The minimum absolute atomic E-state index is 0.000193. The molecule has 3 N–H and O–H groups in total. The number of sulfonamides is 1. The lowest BCUT2D eigenvalue weighted by molar-refractivity contribution is 0.563. The molecular formula is C16H13ClN2O4S. The van der Waals surface area contributed by atoms with Crippen molar-refractivity contribution in [3.8, 4) is 0 Å². The summed E-state index contributed by atoms with van der Waals surface area (Å²) >= 11 is 5.90. The molecule has 0 bridgehead atoms. The minimum atomic E-state index is -3.95. The number of fused-ring (bicyclic) bond motifs is 1. The summed E-state index contributed by atoms with van der Waals surface area (Å²) in [6, 6.07) is 10.4. The van der Waals surface area contributed by atoms with Crippen LogP contribution in [0, 0.1) is 6.92 Å². The molecule has 0 aliphatic rings. The van der Waals surface area contributed by atoms with Gasteiger partial charge in [-0.05, 0) is 55.0 Å². The van der Waals surface area contributed by atoms with Crippen molar-refractivity contribution in [3.63, 3.8) is 0 Å². The van der Waals surface area contributed by atoms with E-state index >= 15 is 0 Å². The fourth-order valence-electron chi connectivity index (χ4n) is 2.18. The molecule has 0 unspecified atom stereocenters. The monoisotopic (exact) mass is 364 g/mol. The molecule has 3 aromatic rings. The molecule has 0 aliphatic heterocycles. The van der Waals surface area contributed by atoms with Crippen LogP contribution in [0.3, 0.4) is 0 Å². The van der Waals surface area contributed by atoms with E-state index in [1.165, 1.54) is 24.3 Å². The third-order valence-electron chi connectivity index (χ3n) is 3.49. The lowest BCUT2D eigenvalue weighted by atomic mass is 10.2.